The molecule has 0 amide bonds. The summed E-state index contributed by atoms with van der Waals surface area (Å²) < 4.78 is 0. The first-order chi connectivity index (χ1) is 9.24. The third-order valence-corrected chi connectivity index (χ3v) is 2.63. The Hall–Kier alpha value is -2.81. The van der Waals surface area contributed by atoms with E-state index in [0.29, 0.717) is 5.96 Å². The molecular formula is C13H14N6. The van der Waals surface area contributed by atoms with Crippen LogP contribution < -0.4 is 10.6 Å². The average Bonchev–Trinajstić information content (AvgIpc) is 2.85. The third-order valence-electron chi connectivity index (χ3n) is 2.63. The van der Waals surface area contributed by atoms with Gasteiger partial charge in [-0.15, -0.1) is 0 Å². The van der Waals surface area contributed by atoms with Crippen LogP contribution in [0.1, 0.15) is 5.69 Å². The number of guanidine groups is 1. The predicted molar refractivity (Wildman–Crippen MR) is 74.5 cm³/mol. The molecule has 0 spiro atoms. The van der Waals surface area contributed by atoms with E-state index in [1.165, 1.54) is 0 Å². The molecule has 0 atom stereocenters. The molecule has 19 heavy (non-hydrogen) atoms. The molecule has 0 aliphatic heterocycles. The van der Waals surface area contributed by atoms with Crippen molar-refractivity contribution in [3.05, 3.63) is 36.3 Å². The van der Waals surface area contributed by atoms with Gasteiger partial charge in [-0.05, 0) is 19.1 Å². The van der Waals surface area contributed by atoms with Gasteiger partial charge in [0.1, 0.15) is 0 Å². The van der Waals surface area contributed by atoms with Crippen LogP contribution in [0.5, 0.6) is 0 Å². The van der Waals surface area contributed by atoms with Crippen molar-refractivity contribution in [2.24, 2.45) is 4.99 Å². The van der Waals surface area contributed by atoms with Crippen molar-refractivity contribution in [1.82, 2.24) is 15.3 Å². The van der Waals surface area contributed by atoms with Gasteiger partial charge in [-0.1, -0.05) is 12.1 Å². The number of nitrogens with one attached hydrogen (secondary N) is 3. The van der Waals surface area contributed by atoms with Crippen molar-refractivity contribution in [3.8, 4) is 17.5 Å². The zero-order valence-corrected chi connectivity index (χ0v) is 10.7. The van der Waals surface area contributed by atoms with Crippen LogP contribution >= 0.6 is 0 Å². The Labute approximate surface area is 111 Å². The number of imidazole rings is 1. The minimum atomic E-state index is 0.401. The number of aliphatic imine (C=N–C) groups is 1. The topological polar surface area (TPSA) is 88.9 Å². The molecule has 0 fully saturated rings. The molecular weight excluding hydrogens is 240 g/mol. The van der Waals surface area contributed by atoms with E-state index in [9.17, 15) is 0 Å². The second-order valence-corrected chi connectivity index (χ2v) is 3.89. The first-order valence-corrected chi connectivity index (χ1v) is 5.74. The van der Waals surface area contributed by atoms with Gasteiger partial charge in [0, 0.05) is 24.0 Å². The summed E-state index contributed by atoms with van der Waals surface area (Å²) in [5.41, 5.74) is 3.75. The molecule has 1 heterocycles. The van der Waals surface area contributed by atoms with Gasteiger partial charge in [-0.25, -0.2) is 4.98 Å². The second kappa shape index (κ2) is 5.69. The van der Waals surface area contributed by atoms with Crippen molar-refractivity contribution in [2.45, 2.75) is 6.92 Å². The Balaban J connectivity index is 2.26. The number of aromatic nitrogens is 2. The minimum Gasteiger partial charge on any atom is -0.348 e. The lowest BCUT2D eigenvalue weighted by atomic mass is 10.1. The number of aryl methyl sites for hydroxylation is 1. The van der Waals surface area contributed by atoms with E-state index in [1.54, 1.807) is 13.4 Å². The predicted octanol–water partition coefficient (Wildman–Crippen LogP) is 1.85. The van der Waals surface area contributed by atoms with Gasteiger partial charge in [0.05, 0.1) is 12.0 Å². The summed E-state index contributed by atoms with van der Waals surface area (Å²) in [7, 11) is 1.61. The molecule has 0 saturated heterocycles. The molecule has 1 aromatic heterocycles. The smallest absolute Gasteiger partial charge is 0.208 e. The fraction of sp³-hybridized carbons (Fsp3) is 0.154. The van der Waals surface area contributed by atoms with Crippen molar-refractivity contribution in [2.75, 3.05) is 12.4 Å². The van der Waals surface area contributed by atoms with Gasteiger partial charge in [0.25, 0.3) is 0 Å². The lowest BCUT2D eigenvalue weighted by Crippen LogP contribution is -2.26. The first kappa shape index (κ1) is 12.6. The van der Waals surface area contributed by atoms with Crippen LogP contribution in [-0.4, -0.2) is 23.0 Å². The number of nitriles is 1. The molecule has 1 aromatic carbocycles. The van der Waals surface area contributed by atoms with Crippen LogP contribution in [0.4, 0.5) is 5.69 Å². The Kier molecular flexibility index (Phi) is 3.78. The van der Waals surface area contributed by atoms with E-state index in [2.05, 4.69) is 25.6 Å². The number of benzene rings is 1. The molecule has 0 radical (unpaired) electrons. The van der Waals surface area contributed by atoms with Crippen LogP contribution in [-0.2, 0) is 0 Å². The van der Waals surface area contributed by atoms with Crippen LogP contribution in [0, 0.1) is 18.4 Å². The monoisotopic (exact) mass is 254 g/mol. The first-order valence-electron chi connectivity index (χ1n) is 5.74. The summed E-state index contributed by atoms with van der Waals surface area (Å²) in [6, 6.07) is 7.75. The molecule has 96 valence electrons. The van der Waals surface area contributed by atoms with E-state index >= 15 is 0 Å². The number of H-pyrrole nitrogens is 1. The van der Waals surface area contributed by atoms with Gasteiger partial charge in [0.2, 0.25) is 5.96 Å². The number of hydrogen-bond acceptors (Lipinski definition) is 3. The highest BCUT2D eigenvalue weighted by Crippen LogP contribution is 2.22. The number of aromatic amines is 1. The van der Waals surface area contributed by atoms with Gasteiger partial charge in [-0.3, -0.25) is 10.3 Å². The van der Waals surface area contributed by atoms with Crippen LogP contribution in [0.3, 0.4) is 0 Å². The van der Waals surface area contributed by atoms with Crippen LogP contribution in [0.15, 0.2) is 35.6 Å². The molecule has 2 rings (SSSR count). The fourth-order valence-corrected chi connectivity index (χ4v) is 1.73. The quantitative estimate of drug-likeness (QED) is 0.330. The molecule has 6 heteroatoms. The maximum absolute atomic E-state index is 8.59. The molecule has 6 nitrogen and oxygen atoms in total. The van der Waals surface area contributed by atoms with Gasteiger partial charge in [0.15, 0.2) is 6.19 Å². The van der Waals surface area contributed by atoms with E-state index in [0.717, 1.165) is 22.6 Å². The maximum atomic E-state index is 8.59. The average molecular weight is 254 g/mol. The van der Waals surface area contributed by atoms with E-state index < -0.39 is 0 Å². The highest BCUT2D eigenvalue weighted by Gasteiger charge is 2.05. The highest BCUT2D eigenvalue weighted by molar-refractivity contribution is 5.95. The summed E-state index contributed by atoms with van der Waals surface area (Å²) >= 11 is 0. The van der Waals surface area contributed by atoms with Crippen LogP contribution in [0.2, 0.25) is 0 Å². The SMILES string of the molecule is CN=C(NC#N)Nc1cccc(-c2nc[nH]c2C)c1. The standard InChI is InChI=1S/C13H14N6/c1-9-12(18-8-17-9)10-4-3-5-11(6-10)19-13(15-2)16-7-14/h3-6,8H,1-2H3,(H,17,18)(H2,15,16,19). The lowest BCUT2D eigenvalue weighted by Gasteiger charge is -2.08. The second-order valence-electron chi connectivity index (χ2n) is 3.89. The zero-order valence-electron chi connectivity index (χ0n) is 10.7. The van der Waals surface area contributed by atoms with Gasteiger partial charge < -0.3 is 10.3 Å². The maximum Gasteiger partial charge on any atom is 0.208 e. The summed E-state index contributed by atoms with van der Waals surface area (Å²) in [4.78, 5) is 11.3. The number of anilines is 1. The fourth-order valence-electron chi connectivity index (χ4n) is 1.73. The van der Waals surface area contributed by atoms with Gasteiger partial charge >= 0.3 is 0 Å². The summed E-state index contributed by atoms with van der Waals surface area (Å²) in [5.74, 6) is 0.401. The molecule has 2 aromatic rings. The Morgan fingerprint density at radius 1 is 1.47 bits per heavy atom. The van der Waals surface area contributed by atoms with Crippen molar-refractivity contribution in [1.29, 1.82) is 5.26 Å². The number of nitrogens with zero attached hydrogens (tertiary/aromatic N) is 3. The highest BCUT2D eigenvalue weighted by atomic mass is 15.2. The van der Waals surface area contributed by atoms with E-state index in [-0.39, 0.29) is 0 Å². The normalized spacial score (nSPS) is 10.9. The minimum absolute atomic E-state index is 0.401. The summed E-state index contributed by atoms with van der Waals surface area (Å²) in [5, 5.41) is 14.1. The largest absolute Gasteiger partial charge is 0.348 e. The third kappa shape index (κ3) is 2.90. The van der Waals surface area contributed by atoms with E-state index in [4.69, 9.17) is 5.26 Å². The number of hydrogen-bond donors (Lipinski definition) is 3. The molecule has 0 aliphatic rings. The molecule has 0 aliphatic carbocycles. The van der Waals surface area contributed by atoms with Gasteiger partial charge in [-0.2, -0.15) is 5.26 Å². The molecule has 0 unspecified atom stereocenters. The van der Waals surface area contributed by atoms with Crippen molar-refractivity contribution < 1.29 is 0 Å². The molecule has 3 N–H and O–H groups in total. The Morgan fingerprint density at radius 2 is 2.32 bits per heavy atom. The lowest BCUT2D eigenvalue weighted by molar-refractivity contribution is 1.21. The molecule has 0 bridgehead atoms. The Bertz CT molecular complexity index is 635. The van der Waals surface area contributed by atoms with Crippen molar-refractivity contribution >= 4 is 11.6 Å². The molecule has 0 saturated carbocycles. The summed E-state index contributed by atoms with van der Waals surface area (Å²) in [6.07, 6.45) is 3.50. The zero-order chi connectivity index (χ0) is 13.7. The van der Waals surface area contributed by atoms with Crippen molar-refractivity contribution in [3.63, 3.8) is 0 Å². The summed E-state index contributed by atoms with van der Waals surface area (Å²) in [6.45, 7) is 1.97. The van der Waals surface area contributed by atoms with Crippen LogP contribution in [0.25, 0.3) is 11.3 Å². The van der Waals surface area contributed by atoms with E-state index in [1.807, 2.05) is 37.4 Å². The Morgan fingerprint density at radius 3 is 2.95 bits per heavy atom. The number of rotatable bonds is 2.